The maximum atomic E-state index is 14.3. The minimum absolute atomic E-state index is 0.128. The van der Waals surface area contributed by atoms with Crippen molar-refractivity contribution in [3.05, 3.63) is 82.9 Å². The molecule has 0 radical (unpaired) electrons. The molecule has 3 fully saturated rings. The van der Waals surface area contributed by atoms with Crippen LogP contribution in [0.2, 0.25) is 0 Å². The summed E-state index contributed by atoms with van der Waals surface area (Å²) in [5, 5.41) is 29.5. The lowest BCUT2D eigenvalue weighted by Gasteiger charge is -2.69. The molecule has 11 atom stereocenters. The number of benzene rings is 2. The van der Waals surface area contributed by atoms with Crippen LogP contribution in [-0.2, 0) is 42.8 Å². The van der Waals surface area contributed by atoms with Gasteiger partial charge in [-0.1, -0.05) is 76.2 Å². The largest absolute Gasteiger partial charge is 0.458 e. The van der Waals surface area contributed by atoms with Crippen LogP contribution in [0.5, 0.6) is 0 Å². The number of hydrogen-bond acceptors (Lipinski definition) is 13. The number of amides is 1. The smallest absolute Gasteiger partial charge is 0.408 e. The van der Waals surface area contributed by atoms with Crippen molar-refractivity contribution in [1.29, 1.82) is 0 Å². The number of nitrogens with one attached hydrogen (secondary N) is 1. The Bertz CT molecular complexity index is 2010. The van der Waals surface area contributed by atoms with Gasteiger partial charge < -0.3 is 44.0 Å². The maximum absolute atomic E-state index is 14.3. The molecule has 326 valence electrons. The van der Waals surface area contributed by atoms with Crippen molar-refractivity contribution >= 4 is 30.0 Å². The zero-order chi connectivity index (χ0) is 44.2. The molecule has 2 unspecified atom stereocenters. The van der Waals surface area contributed by atoms with Gasteiger partial charge in [-0.05, 0) is 68.9 Å². The number of esters is 4. The van der Waals surface area contributed by atoms with E-state index in [9.17, 15) is 34.2 Å². The number of aliphatic hydroxyl groups excluding tert-OH is 1. The molecule has 14 heteroatoms. The number of hydrogen-bond donors (Lipinski definition) is 3. The highest BCUT2D eigenvalue weighted by Gasteiger charge is 2.77. The van der Waals surface area contributed by atoms with Gasteiger partial charge in [0.15, 0.2) is 11.7 Å². The van der Waals surface area contributed by atoms with Gasteiger partial charge in [-0.2, -0.15) is 0 Å². The fourth-order valence-corrected chi connectivity index (χ4v) is 10.3. The van der Waals surface area contributed by atoms with Crippen LogP contribution in [0.1, 0.15) is 110 Å². The van der Waals surface area contributed by atoms with Gasteiger partial charge in [0.1, 0.15) is 35.6 Å². The van der Waals surface area contributed by atoms with Gasteiger partial charge in [0, 0.05) is 31.1 Å². The molecule has 4 aliphatic rings. The summed E-state index contributed by atoms with van der Waals surface area (Å²) in [6, 6.07) is 16.2. The van der Waals surface area contributed by atoms with E-state index in [4.69, 9.17) is 28.4 Å². The summed E-state index contributed by atoms with van der Waals surface area (Å²) in [5.41, 5.74) is -5.82. The van der Waals surface area contributed by atoms with Crippen molar-refractivity contribution in [3.8, 4) is 0 Å². The molecular formula is C46H59NO13. The van der Waals surface area contributed by atoms with Gasteiger partial charge in [-0.3, -0.25) is 14.4 Å². The Balaban J connectivity index is 1.52. The van der Waals surface area contributed by atoms with Crippen LogP contribution in [0.25, 0.3) is 0 Å². The highest BCUT2D eigenvalue weighted by atomic mass is 16.6. The second kappa shape index (κ2) is 16.2. The summed E-state index contributed by atoms with van der Waals surface area (Å²) in [7, 11) is 0. The standard InChI is InChI=1S/C46H59NO13/c1-25-21-33-45(24-55-33,59-28(4)49)37-39(58-40(52)30-19-15-12-16-20-30)46(54)23-32(26(2)35(43(46,8)9)36(56-27(3)48)38(51)44(25,37)10)57-34(50)22-31(29-17-13-11-14-18-29)47-41(53)60-42(5,6)7/h11-20,25,31-33,36-39,51,54H,21-24H2,1-10H3,(H,47,53)/t25-,31?,32-,33+,36?,37-,38-,39-,44+,45-,46+/m0/s1. The summed E-state index contributed by atoms with van der Waals surface area (Å²) >= 11 is 0. The Labute approximate surface area is 351 Å². The molecule has 14 nitrogen and oxygen atoms in total. The third-order valence-electron chi connectivity index (χ3n) is 13.4. The Morgan fingerprint density at radius 3 is 2.08 bits per heavy atom. The molecule has 0 aromatic heterocycles. The Kier molecular flexibility index (Phi) is 12.1. The minimum Gasteiger partial charge on any atom is -0.458 e. The third kappa shape index (κ3) is 7.93. The van der Waals surface area contributed by atoms with Gasteiger partial charge in [-0.25, -0.2) is 9.59 Å². The molecule has 2 bridgehead atoms. The van der Waals surface area contributed by atoms with Crippen molar-refractivity contribution in [2.24, 2.45) is 22.7 Å². The van der Waals surface area contributed by atoms with E-state index in [2.05, 4.69) is 5.32 Å². The number of ether oxygens (including phenoxy) is 6. The van der Waals surface area contributed by atoms with Gasteiger partial charge in [-0.15, -0.1) is 0 Å². The fraction of sp³-hybridized carbons (Fsp3) is 0.587. The molecule has 3 aliphatic carbocycles. The molecule has 2 aromatic carbocycles. The van der Waals surface area contributed by atoms with E-state index < -0.39 is 106 Å². The molecule has 1 amide bonds. The minimum atomic E-state index is -2.15. The molecule has 6 rings (SSSR count). The molecule has 1 heterocycles. The van der Waals surface area contributed by atoms with E-state index in [1.807, 2.05) is 6.92 Å². The number of fused-ring (bicyclic) bond motifs is 5. The van der Waals surface area contributed by atoms with E-state index in [1.54, 1.807) is 109 Å². The molecule has 3 N–H and O–H groups in total. The van der Waals surface area contributed by atoms with Crippen molar-refractivity contribution in [2.45, 2.75) is 142 Å². The van der Waals surface area contributed by atoms with E-state index in [0.717, 1.165) is 0 Å². The van der Waals surface area contributed by atoms with E-state index in [0.29, 0.717) is 17.6 Å². The van der Waals surface area contributed by atoms with Gasteiger partial charge in [0.05, 0.1) is 30.6 Å². The monoisotopic (exact) mass is 833 g/mol. The number of carbonyl (C=O) groups is 5. The predicted octanol–water partition coefficient (Wildman–Crippen LogP) is 5.93. The SMILES string of the molecule is CC(=O)OC1C2=C(C)[C@@H](OC(=O)CC(NC(=O)OC(C)(C)C)c3ccccc3)C[C@@](O)([C@@H](OC(=O)c3ccccc3)[C@@H]3[C@]4(OC(C)=O)CO[C@@H]4C[C@H](C)[C@@]3(C)[C@H]1O)C2(C)C. The Morgan fingerprint density at radius 1 is 0.917 bits per heavy atom. The molecular weight excluding hydrogens is 774 g/mol. The van der Waals surface area contributed by atoms with Crippen molar-refractivity contribution in [2.75, 3.05) is 6.61 Å². The topological polar surface area (TPSA) is 193 Å². The second-order valence-corrected chi connectivity index (χ2v) is 18.6. The summed E-state index contributed by atoms with van der Waals surface area (Å²) in [4.78, 5) is 67.6. The second-order valence-electron chi connectivity index (χ2n) is 18.6. The normalized spacial score (nSPS) is 33.5. The number of carbonyl (C=O) groups excluding carboxylic acids is 5. The van der Waals surface area contributed by atoms with Crippen LogP contribution in [0.15, 0.2) is 71.8 Å². The molecule has 1 aliphatic heterocycles. The molecule has 2 saturated carbocycles. The lowest BCUT2D eigenvalue weighted by Crippen LogP contribution is -2.81. The van der Waals surface area contributed by atoms with Crippen LogP contribution < -0.4 is 5.32 Å². The number of alkyl carbamates (subject to hydrolysis) is 1. The van der Waals surface area contributed by atoms with Crippen LogP contribution in [0, 0.1) is 22.7 Å². The average molecular weight is 834 g/mol. The maximum Gasteiger partial charge on any atom is 0.408 e. The van der Waals surface area contributed by atoms with Gasteiger partial charge in [0.25, 0.3) is 0 Å². The first kappa shape index (κ1) is 44.8. The average Bonchev–Trinajstić information content (AvgIpc) is 3.15. The van der Waals surface area contributed by atoms with E-state index >= 15 is 0 Å². The quantitative estimate of drug-likeness (QED) is 0.153. The Hall–Kier alpha value is -4.79. The lowest BCUT2D eigenvalue weighted by molar-refractivity contribution is -0.358. The first-order valence-corrected chi connectivity index (χ1v) is 20.6. The summed E-state index contributed by atoms with van der Waals surface area (Å²) < 4.78 is 36.7. The van der Waals surface area contributed by atoms with Crippen molar-refractivity contribution < 1.29 is 62.6 Å². The summed E-state index contributed by atoms with van der Waals surface area (Å²) in [5.74, 6) is -4.50. The predicted molar refractivity (Wildman–Crippen MR) is 216 cm³/mol. The number of rotatable bonds is 9. The number of aliphatic hydroxyl groups is 2. The third-order valence-corrected chi connectivity index (χ3v) is 13.4. The van der Waals surface area contributed by atoms with Crippen LogP contribution in [0.3, 0.4) is 0 Å². The Morgan fingerprint density at radius 2 is 1.53 bits per heavy atom. The first-order valence-electron chi connectivity index (χ1n) is 20.6. The molecule has 2 aromatic rings. The van der Waals surface area contributed by atoms with Crippen molar-refractivity contribution in [1.82, 2.24) is 5.32 Å². The van der Waals surface area contributed by atoms with E-state index in [1.165, 1.54) is 13.8 Å². The van der Waals surface area contributed by atoms with Crippen LogP contribution >= 0.6 is 0 Å². The van der Waals surface area contributed by atoms with Gasteiger partial charge in [0.2, 0.25) is 0 Å². The summed E-state index contributed by atoms with van der Waals surface area (Å²) in [6.45, 7) is 16.3. The highest BCUT2D eigenvalue weighted by Crippen LogP contribution is 2.66. The fourth-order valence-electron chi connectivity index (χ4n) is 10.3. The first-order chi connectivity index (χ1) is 28.0. The zero-order valence-electron chi connectivity index (χ0n) is 36.1. The van der Waals surface area contributed by atoms with E-state index in [-0.39, 0.29) is 30.6 Å². The van der Waals surface area contributed by atoms with Crippen LogP contribution in [-0.4, -0.2) is 94.1 Å². The van der Waals surface area contributed by atoms with Gasteiger partial charge >= 0.3 is 30.0 Å². The zero-order valence-corrected chi connectivity index (χ0v) is 36.1. The molecule has 60 heavy (non-hydrogen) atoms. The molecule has 0 spiro atoms. The lowest BCUT2D eigenvalue weighted by atomic mass is 9.43. The van der Waals surface area contributed by atoms with Crippen molar-refractivity contribution in [3.63, 3.8) is 0 Å². The summed E-state index contributed by atoms with van der Waals surface area (Å²) in [6.07, 6.45) is -7.49. The molecule has 1 saturated heterocycles. The highest BCUT2D eigenvalue weighted by molar-refractivity contribution is 5.89. The van der Waals surface area contributed by atoms with Crippen LogP contribution in [0.4, 0.5) is 4.79 Å².